The number of carbonyl (C=O) groups is 1. The standard InChI is InChI=1S/C20H36O3Si2/c1-7-8-9-10-11-12-19(25(5,6)23-24(2,3)4)17-13-15-18(16-14-17)20(21)22/h13-16,19H,7-12H2,1-6H3,(H,21,22). The van der Waals surface area contributed by atoms with E-state index < -0.39 is 22.6 Å². The fourth-order valence-corrected chi connectivity index (χ4v) is 12.4. The van der Waals surface area contributed by atoms with Crippen LogP contribution in [0.25, 0.3) is 0 Å². The largest absolute Gasteiger partial charge is 0.478 e. The zero-order valence-electron chi connectivity index (χ0n) is 16.9. The van der Waals surface area contributed by atoms with Crippen LogP contribution >= 0.6 is 0 Å². The van der Waals surface area contributed by atoms with Crippen molar-refractivity contribution in [2.24, 2.45) is 0 Å². The van der Waals surface area contributed by atoms with Gasteiger partial charge in [-0.3, -0.25) is 0 Å². The van der Waals surface area contributed by atoms with Gasteiger partial charge in [-0.05, 0) is 56.9 Å². The minimum atomic E-state index is -1.91. The van der Waals surface area contributed by atoms with Gasteiger partial charge in [-0.1, -0.05) is 51.2 Å². The lowest BCUT2D eigenvalue weighted by molar-refractivity contribution is 0.0697. The number of benzene rings is 1. The summed E-state index contributed by atoms with van der Waals surface area (Å²) in [5.41, 5.74) is 2.02. The van der Waals surface area contributed by atoms with Crippen molar-refractivity contribution in [3.63, 3.8) is 0 Å². The molecule has 5 heteroatoms. The Labute approximate surface area is 156 Å². The van der Waals surface area contributed by atoms with Crippen molar-refractivity contribution in [2.75, 3.05) is 0 Å². The average molecular weight is 381 g/mol. The van der Waals surface area contributed by atoms with Gasteiger partial charge in [0.15, 0.2) is 16.6 Å². The summed E-state index contributed by atoms with van der Waals surface area (Å²) < 4.78 is 6.66. The Kier molecular flexibility index (Phi) is 8.58. The number of hydrogen-bond acceptors (Lipinski definition) is 2. The summed E-state index contributed by atoms with van der Waals surface area (Å²) in [6, 6.07) is 7.48. The first-order valence-corrected chi connectivity index (χ1v) is 16.0. The van der Waals surface area contributed by atoms with E-state index in [1.54, 1.807) is 12.1 Å². The highest BCUT2D eigenvalue weighted by molar-refractivity contribution is 6.84. The predicted molar refractivity (Wildman–Crippen MR) is 111 cm³/mol. The van der Waals surface area contributed by atoms with E-state index in [2.05, 4.69) is 39.7 Å². The smallest absolute Gasteiger partial charge is 0.335 e. The van der Waals surface area contributed by atoms with Crippen molar-refractivity contribution in [2.45, 2.75) is 83.7 Å². The van der Waals surface area contributed by atoms with Gasteiger partial charge in [0.2, 0.25) is 0 Å². The molecule has 0 radical (unpaired) electrons. The first-order chi connectivity index (χ1) is 11.6. The maximum atomic E-state index is 11.1. The summed E-state index contributed by atoms with van der Waals surface area (Å²) in [6.07, 6.45) is 7.51. The van der Waals surface area contributed by atoms with E-state index in [1.165, 1.54) is 37.7 Å². The number of carboxylic acid groups (broad SMARTS) is 1. The molecule has 0 heterocycles. The molecule has 1 aromatic rings. The number of carboxylic acids is 1. The summed E-state index contributed by atoms with van der Waals surface area (Å²) in [5.74, 6) is -0.863. The Bertz CT molecular complexity index is 533. The van der Waals surface area contributed by atoms with E-state index in [4.69, 9.17) is 9.22 Å². The molecule has 1 N–H and O–H groups in total. The average Bonchev–Trinajstić information content (AvgIpc) is 2.48. The van der Waals surface area contributed by atoms with Crippen LogP contribution in [0.5, 0.6) is 0 Å². The Balaban J connectivity index is 2.95. The van der Waals surface area contributed by atoms with E-state index in [-0.39, 0.29) is 0 Å². The van der Waals surface area contributed by atoms with Gasteiger partial charge in [-0.2, -0.15) is 0 Å². The molecule has 0 amide bonds. The molecule has 0 saturated carbocycles. The maximum Gasteiger partial charge on any atom is 0.335 e. The van der Waals surface area contributed by atoms with Gasteiger partial charge in [-0.25, -0.2) is 4.79 Å². The molecule has 0 bridgehead atoms. The van der Waals surface area contributed by atoms with Crippen molar-refractivity contribution in [3.8, 4) is 0 Å². The maximum absolute atomic E-state index is 11.1. The van der Waals surface area contributed by atoms with E-state index in [0.717, 1.165) is 6.42 Å². The second kappa shape index (κ2) is 9.69. The molecule has 0 aromatic heterocycles. The summed E-state index contributed by atoms with van der Waals surface area (Å²) in [7, 11) is -3.52. The van der Waals surface area contributed by atoms with Crippen LogP contribution in [-0.2, 0) is 4.12 Å². The Morgan fingerprint density at radius 3 is 2.04 bits per heavy atom. The van der Waals surface area contributed by atoms with E-state index in [1.807, 2.05) is 12.1 Å². The SMILES string of the molecule is CCCCCCCC(c1ccc(C(=O)O)cc1)[Si](C)(C)O[Si](C)(C)C. The van der Waals surface area contributed by atoms with Gasteiger partial charge < -0.3 is 9.22 Å². The second-order valence-electron chi connectivity index (χ2n) is 8.50. The van der Waals surface area contributed by atoms with Gasteiger partial charge in [0.05, 0.1) is 5.56 Å². The fraction of sp³-hybridized carbons (Fsp3) is 0.650. The van der Waals surface area contributed by atoms with Crippen LogP contribution in [0.15, 0.2) is 24.3 Å². The molecule has 0 fully saturated rings. The topological polar surface area (TPSA) is 46.5 Å². The van der Waals surface area contributed by atoms with Crippen LogP contribution < -0.4 is 0 Å². The highest BCUT2D eigenvalue weighted by atomic mass is 28.4. The van der Waals surface area contributed by atoms with E-state index in [0.29, 0.717) is 11.1 Å². The minimum absolute atomic E-state index is 0.357. The molecule has 1 aromatic carbocycles. The van der Waals surface area contributed by atoms with Gasteiger partial charge in [0.1, 0.15) is 0 Å². The Morgan fingerprint density at radius 1 is 1.00 bits per heavy atom. The van der Waals surface area contributed by atoms with Gasteiger partial charge in [-0.15, -0.1) is 0 Å². The molecule has 0 aliphatic heterocycles. The number of hydrogen-bond donors (Lipinski definition) is 1. The molecule has 0 saturated heterocycles. The van der Waals surface area contributed by atoms with Crippen LogP contribution in [0, 0.1) is 0 Å². The van der Waals surface area contributed by atoms with E-state index in [9.17, 15) is 4.79 Å². The minimum Gasteiger partial charge on any atom is -0.478 e. The van der Waals surface area contributed by atoms with Crippen LogP contribution in [0.3, 0.4) is 0 Å². The molecule has 3 nitrogen and oxygen atoms in total. The van der Waals surface area contributed by atoms with E-state index >= 15 is 0 Å². The van der Waals surface area contributed by atoms with Crippen molar-refractivity contribution < 1.29 is 14.0 Å². The summed E-state index contributed by atoms with van der Waals surface area (Å²) in [6.45, 7) is 13.7. The molecule has 0 spiro atoms. The zero-order chi connectivity index (χ0) is 19.1. The van der Waals surface area contributed by atoms with Gasteiger partial charge >= 0.3 is 5.97 Å². The first-order valence-electron chi connectivity index (χ1n) is 9.60. The van der Waals surface area contributed by atoms with Crippen LogP contribution in [0.1, 0.15) is 66.9 Å². The summed E-state index contributed by atoms with van der Waals surface area (Å²) in [5, 5.41) is 9.14. The fourth-order valence-electron chi connectivity index (χ4n) is 3.59. The second-order valence-corrected chi connectivity index (χ2v) is 17.4. The number of rotatable bonds is 11. The van der Waals surface area contributed by atoms with Crippen LogP contribution in [0.2, 0.25) is 32.7 Å². The highest BCUT2D eigenvalue weighted by Crippen LogP contribution is 2.35. The van der Waals surface area contributed by atoms with Crippen LogP contribution in [0.4, 0.5) is 0 Å². The lowest BCUT2D eigenvalue weighted by Gasteiger charge is -2.38. The Morgan fingerprint density at radius 2 is 1.56 bits per heavy atom. The molecule has 1 unspecified atom stereocenters. The van der Waals surface area contributed by atoms with Crippen molar-refractivity contribution in [1.29, 1.82) is 0 Å². The molecule has 0 aliphatic rings. The zero-order valence-corrected chi connectivity index (χ0v) is 18.9. The molecule has 25 heavy (non-hydrogen) atoms. The van der Waals surface area contributed by atoms with Crippen LogP contribution in [-0.4, -0.2) is 27.7 Å². The third kappa shape index (κ3) is 7.88. The third-order valence-corrected chi connectivity index (χ3v) is 11.4. The van der Waals surface area contributed by atoms with Crippen molar-refractivity contribution >= 4 is 22.6 Å². The van der Waals surface area contributed by atoms with Crippen molar-refractivity contribution in [3.05, 3.63) is 35.4 Å². The molecule has 1 rings (SSSR count). The van der Waals surface area contributed by atoms with Crippen molar-refractivity contribution in [1.82, 2.24) is 0 Å². The molecule has 0 aliphatic carbocycles. The molecule has 1 atom stereocenters. The number of unbranched alkanes of at least 4 members (excludes halogenated alkanes) is 4. The number of aromatic carboxylic acids is 1. The molecule has 142 valence electrons. The van der Waals surface area contributed by atoms with Gasteiger partial charge in [0, 0.05) is 5.54 Å². The monoisotopic (exact) mass is 380 g/mol. The normalized spacial score (nSPS) is 13.7. The molecular formula is C20H36O3Si2. The lowest BCUT2D eigenvalue weighted by atomic mass is 10.0. The summed E-state index contributed by atoms with van der Waals surface area (Å²) in [4.78, 5) is 11.1. The third-order valence-electron chi connectivity index (χ3n) is 4.56. The first kappa shape index (κ1) is 22.1. The van der Waals surface area contributed by atoms with Gasteiger partial charge in [0.25, 0.3) is 0 Å². The Hall–Kier alpha value is -0.916. The highest BCUT2D eigenvalue weighted by Gasteiger charge is 2.38. The molecular weight excluding hydrogens is 344 g/mol. The predicted octanol–water partition coefficient (Wildman–Crippen LogP) is 6.42. The lowest BCUT2D eigenvalue weighted by Crippen LogP contribution is -2.47. The quantitative estimate of drug-likeness (QED) is 0.355. The summed E-state index contributed by atoms with van der Waals surface area (Å²) >= 11 is 0.